The molecule has 2 aliphatic heterocycles. The average molecular weight is 413 g/mol. The first-order chi connectivity index (χ1) is 14.4. The molecule has 0 bridgehead atoms. The molecule has 2 aromatic heterocycles. The van der Waals surface area contributed by atoms with E-state index in [-0.39, 0.29) is 11.9 Å². The molecule has 0 unspecified atom stereocenters. The second-order valence-corrected chi connectivity index (χ2v) is 8.14. The Kier molecular flexibility index (Phi) is 5.42. The predicted octanol–water partition coefficient (Wildman–Crippen LogP) is 0.948. The van der Waals surface area contributed by atoms with Gasteiger partial charge in [-0.15, -0.1) is 10.2 Å². The Hall–Kier alpha value is -3.01. The van der Waals surface area contributed by atoms with Crippen LogP contribution >= 0.6 is 0 Å². The summed E-state index contributed by atoms with van der Waals surface area (Å²) in [5.41, 5.74) is 0.386. The molecule has 3 amide bonds. The van der Waals surface area contributed by atoms with Gasteiger partial charge in [-0.1, -0.05) is 6.07 Å². The van der Waals surface area contributed by atoms with Crippen LogP contribution in [0.2, 0.25) is 0 Å². The molecule has 1 fully saturated rings. The van der Waals surface area contributed by atoms with Gasteiger partial charge in [0.1, 0.15) is 6.61 Å². The zero-order chi connectivity index (χ0) is 21.3. The van der Waals surface area contributed by atoms with Gasteiger partial charge in [0.15, 0.2) is 5.82 Å². The number of rotatable bonds is 3. The molecule has 1 saturated heterocycles. The molecular weight excluding hydrogens is 386 g/mol. The van der Waals surface area contributed by atoms with Gasteiger partial charge >= 0.3 is 6.03 Å². The minimum absolute atomic E-state index is 0.00282. The number of likely N-dealkylation sites (tertiary alicyclic amines) is 1. The topological polar surface area (TPSA) is 96.7 Å². The fraction of sp³-hybridized carbons (Fsp3) is 0.550. The fourth-order valence-electron chi connectivity index (χ4n) is 4.19. The molecular formula is C20H27N7O3. The smallest absolute Gasteiger partial charge is 0.319 e. The van der Waals surface area contributed by atoms with Crippen LogP contribution in [0.4, 0.5) is 4.79 Å². The molecule has 30 heavy (non-hydrogen) atoms. The molecule has 1 spiro atoms. The largest absolute Gasteiger partial charge is 0.371 e. The highest BCUT2D eigenvalue weighted by atomic mass is 16.5. The van der Waals surface area contributed by atoms with E-state index in [9.17, 15) is 9.59 Å². The number of fused-ring (bicyclic) bond motifs is 2. The third-order valence-electron chi connectivity index (χ3n) is 5.82. The van der Waals surface area contributed by atoms with Gasteiger partial charge in [0, 0.05) is 40.4 Å². The first-order valence-corrected chi connectivity index (χ1v) is 10.1. The minimum Gasteiger partial charge on any atom is -0.371 e. The van der Waals surface area contributed by atoms with E-state index in [1.165, 1.54) is 0 Å². The van der Waals surface area contributed by atoms with Crippen molar-refractivity contribution in [1.29, 1.82) is 0 Å². The van der Waals surface area contributed by atoms with E-state index in [0.29, 0.717) is 57.3 Å². The zero-order valence-electron chi connectivity index (χ0n) is 17.6. The molecule has 0 aromatic carbocycles. The lowest BCUT2D eigenvalue weighted by Gasteiger charge is -2.45. The lowest BCUT2D eigenvalue weighted by atomic mass is 9.86. The van der Waals surface area contributed by atoms with Crippen LogP contribution in [0.5, 0.6) is 0 Å². The molecule has 0 aliphatic carbocycles. The minimum atomic E-state index is -0.420. The van der Waals surface area contributed by atoms with Crippen molar-refractivity contribution >= 4 is 11.9 Å². The fourth-order valence-corrected chi connectivity index (χ4v) is 4.19. The number of carbonyl (C=O) groups excluding carboxylic acids is 2. The molecule has 0 N–H and O–H groups in total. The normalized spacial score (nSPS) is 17.5. The number of aromatic nitrogens is 4. The number of pyridine rings is 1. The van der Waals surface area contributed by atoms with Gasteiger partial charge in [-0.05, 0) is 25.0 Å². The van der Waals surface area contributed by atoms with Gasteiger partial charge in [0.05, 0.1) is 24.4 Å². The van der Waals surface area contributed by atoms with E-state index in [1.807, 2.05) is 27.7 Å². The van der Waals surface area contributed by atoms with Gasteiger partial charge < -0.3 is 19.4 Å². The number of hydrogen-bond acceptors (Lipinski definition) is 6. The lowest BCUT2D eigenvalue weighted by molar-refractivity contribution is -0.0287. The van der Waals surface area contributed by atoms with Gasteiger partial charge in [0.2, 0.25) is 5.82 Å². The Morgan fingerprint density at radius 1 is 1.17 bits per heavy atom. The van der Waals surface area contributed by atoms with E-state index in [4.69, 9.17) is 4.74 Å². The van der Waals surface area contributed by atoms with Crippen molar-refractivity contribution in [3.05, 3.63) is 41.7 Å². The van der Waals surface area contributed by atoms with Crippen molar-refractivity contribution in [2.75, 3.05) is 40.8 Å². The van der Waals surface area contributed by atoms with Crippen molar-refractivity contribution in [2.24, 2.45) is 0 Å². The van der Waals surface area contributed by atoms with Gasteiger partial charge in [-0.25, -0.2) is 4.79 Å². The molecule has 2 aromatic rings. The summed E-state index contributed by atoms with van der Waals surface area (Å²) in [6.45, 7) is 2.37. The highest BCUT2D eigenvalue weighted by Gasteiger charge is 2.44. The SMILES string of the molecule is CN(C)C(=O)N1CCC2(CC1)COCc1nnc(C(=O)N(C)Cc3ccccn3)n12. The highest BCUT2D eigenvalue weighted by Crippen LogP contribution is 2.36. The Balaban J connectivity index is 1.57. The molecule has 0 atom stereocenters. The molecule has 10 heteroatoms. The molecule has 0 radical (unpaired) electrons. The van der Waals surface area contributed by atoms with Crippen LogP contribution in [0, 0.1) is 0 Å². The number of amides is 3. The Bertz CT molecular complexity index is 920. The first kappa shape index (κ1) is 20.3. The number of nitrogens with zero attached hydrogens (tertiary/aromatic N) is 7. The van der Waals surface area contributed by atoms with Crippen LogP contribution in [0.15, 0.2) is 24.4 Å². The van der Waals surface area contributed by atoms with E-state index < -0.39 is 5.54 Å². The molecule has 0 saturated carbocycles. The molecule has 4 rings (SSSR count). The van der Waals surface area contributed by atoms with Crippen molar-refractivity contribution < 1.29 is 14.3 Å². The van der Waals surface area contributed by atoms with Crippen molar-refractivity contribution in [3.8, 4) is 0 Å². The molecule has 160 valence electrons. The second kappa shape index (κ2) is 8.02. The summed E-state index contributed by atoms with van der Waals surface area (Å²) in [6.07, 6.45) is 3.07. The Morgan fingerprint density at radius 2 is 1.93 bits per heavy atom. The van der Waals surface area contributed by atoms with Crippen LogP contribution < -0.4 is 0 Å². The summed E-state index contributed by atoms with van der Waals surface area (Å²) in [6, 6.07) is 5.62. The van der Waals surface area contributed by atoms with Gasteiger partial charge in [-0.3, -0.25) is 14.3 Å². The van der Waals surface area contributed by atoms with Crippen molar-refractivity contribution in [2.45, 2.75) is 31.5 Å². The summed E-state index contributed by atoms with van der Waals surface area (Å²) in [7, 11) is 5.24. The zero-order valence-corrected chi connectivity index (χ0v) is 17.6. The summed E-state index contributed by atoms with van der Waals surface area (Å²) < 4.78 is 7.77. The summed E-state index contributed by atoms with van der Waals surface area (Å²) in [4.78, 5) is 34.9. The average Bonchev–Trinajstić information content (AvgIpc) is 3.20. The van der Waals surface area contributed by atoms with E-state index >= 15 is 0 Å². The maximum Gasteiger partial charge on any atom is 0.319 e. The maximum absolute atomic E-state index is 13.2. The third kappa shape index (κ3) is 3.62. The van der Waals surface area contributed by atoms with E-state index in [2.05, 4.69) is 15.2 Å². The monoisotopic (exact) mass is 413 g/mol. The predicted molar refractivity (Wildman–Crippen MR) is 108 cm³/mol. The second-order valence-electron chi connectivity index (χ2n) is 8.14. The number of piperidine rings is 1. The van der Waals surface area contributed by atoms with Crippen molar-refractivity contribution in [1.82, 2.24) is 34.4 Å². The van der Waals surface area contributed by atoms with Crippen molar-refractivity contribution in [3.63, 3.8) is 0 Å². The number of urea groups is 1. The van der Waals surface area contributed by atoms with Crippen LogP contribution in [0.3, 0.4) is 0 Å². The third-order valence-corrected chi connectivity index (χ3v) is 5.82. The van der Waals surface area contributed by atoms with E-state index in [0.717, 1.165) is 5.69 Å². The summed E-state index contributed by atoms with van der Waals surface area (Å²) in [5.74, 6) is 0.773. The van der Waals surface area contributed by atoms with Crippen LogP contribution in [0.25, 0.3) is 0 Å². The lowest BCUT2D eigenvalue weighted by Crippen LogP contribution is -2.54. The Labute approximate surface area is 175 Å². The quantitative estimate of drug-likeness (QED) is 0.743. The number of hydrogen-bond donors (Lipinski definition) is 0. The number of ether oxygens (including phenoxy) is 1. The number of carbonyl (C=O) groups is 2. The van der Waals surface area contributed by atoms with E-state index in [1.54, 1.807) is 37.1 Å². The first-order valence-electron chi connectivity index (χ1n) is 10.1. The molecule has 10 nitrogen and oxygen atoms in total. The van der Waals surface area contributed by atoms with Crippen LogP contribution in [0.1, 0.15) is 35.0 Å². The summed E-state index contributed by atoms with van der Waals surface area (Å²) in [5, 5.41) is 8.46. The van der Waals surface area contributed by atoms with Gasteiger partial charge in [-0.2, -0.15) is 0 Å². The summed E-state index contributed by atoms with van der Waals surface area (Å²) >= 11 is 0. The maximum atomic E-state index is 13.2. The standard InChI is InChI=1S/C20H27N7O3/c1-24(2)19(29)26-10-7-20(8-11-26)14-30-13-16-22-23-17(27(16)20)18(28)25(3)12-15-6-4-5-9-21-15/h4-6,9H,7-8,10-14H2,1-3H3. The molecule has 4 heterocycles. The van der Waals surface area contributed by atoms with Gasteiger partial charge in [0.25, 0.3) is 5.91 Å². The Morgan fingerprint density at radius 3 is 2.60 bits per heavy atom. The van der Waals surface area contributed by atoms with Crippen LogP contribution in [-0.2, 0) is 23.4 Å². The van der Waals surface area contributed by atoms with Crippen LogP contribution in [-0.4, -0.2) is 87.2 Å². The molecule has 2 aliphatic rings. The highest BCUT2D eigenvalue weighted by molar-refractivity contribution is 5.90.